The van der Waals surface area contributed by atoms with E-state index in [1.165, 1.54) is 6.07 Å². The zero-order valence-corrected chi connectivity index (χ0v) is 12.8. The first kappa shape index (κ1) is 16.1. The third kappa shape index (κ3) is 6.17. The first-order valence-corrected chi connectivity index (χ1v) is 8.53. The zero-order chi connectivity index (χ0) is 14.5. The molecule has 1 aromatic rings. The van der Waals surface area contributed by atoms with Crippen molar-refractivity contribution in [1.29, 1.82) is 0 Å². The van der Waals surface area contributed by atoms with E-state index in [9.17, 15) is 13.2 Å². The molecule has 3 N–H and O–H groups in total. The smallest absolute Gasteiger partial charge is 0.247 e. The average molecular weight is 304 g/mol. The molecule has 0 saturated carbocycles. The summed E-state index contributed by atoms with van der Waals surface area (Å²) in [7, 11) is -3.66. The highest BCUT2D eigenvalue weighted by Gasteiger charge is 2.12. The Bertz CT molecular complexity index is 521. The molecule has 1 heterocycles. The first-order valence-electron chi connectivity index (χ1n) is 6.17. The third-order valence-corrected chi connectivity index (χ3v) is 5.06. The summed E-state index contributed by atoms with van der Waals surface area (Å²) in [6.07, 6.45) is 2.23. The van der Waals surface area contributed by atoms with Crippen molar-refractivity contribution in [2.24, 2.45) is 11.1 Å². The molecular weight excluding hydrogens is 284 g/mol. The van der Waals surface area contributed by atoms with Crippen LogP contribution in [0.5, 0.6) is 0 Å². The largest absolute Gasteiger partial charge is 0.356 e. The van der Waals surface area contributed by atoms with Crippen molar-refractivity contribution in [2.45, 2.75) is 37.3 Å². The van der Waals surface area contributed by atoms with Crippen molar-refractivity contribution < 1.29 is 13.2 Å². The normalized spacial score (nSPS) is 11.8. The molecule has 0 aromatic carbocycles. The SMILES string of the molecule is CC(C)CCCNC(=O)Cc1ccc(S(N)(=O)=O)s1. The molecule has 5 nitrogen and oxygen atoms in total. The number of amides is 1. The van der Waals surface area contributed by atoms with E-state index < -0.39 is 10.0 Å². The summed E-state index contributed by atoms with van der Waals surface area (Å²) in [5, 5.41) is 7.83. The van der Waals surface area contributed by atoms with Gasteiger partial charge in [-0.3, -0.25) is 4.79 Å². The van der Waals surface area contributed by atoms with Crippen LogP contribution in [0, 0.1) is 5.92 Å². The second kappa shape index (κ2) is 7.02. The number of primary sulfonamides is 1. The van der Waals surface area contributed by atoms with Crippen molar-refractivity contribution in [3.8, 4) is 0 Å². The van der Waals surface area contributed by atoms with Gasteiger partial charge in [-0.1, -0.05) is 13.8 Å². The molecule has 19 heavy (non-hydrogen) atoms. The van der Waals surface area contributed by atoms with Crippen LogP contribution in [0.2, 0.25) is 0 Å². The van der Waals surface area contributed by atoms with E-state index in [0.717, 1.165) is 24.2 Å². The van der Waals surface area contributed by atoms with Gasteiger partial charge in [0.25, 0.3) is 0 Å². The summed E-state index contributed by atoms with van der Waals surface area (Å²) in [6, 6.07) is 3.06. The van der Waals surface area contributed by atoms with Gasteiger partial charge >= 0.3 is 0 Å². The quantitative estimate of drug-likeness (QED) is 0.748. The Hall–Kier alpha value is -0.920. The van der Waals surface area contributed by atoms with E-state index in [4.69, 9.17) is 5.14 Å². The van der Waals surface area contributed by atoms with Gasteiger partial charge in [-0.25, -0.2) is 13.6 Å². The topological polar surface area (TPSA) is 89.3 Å². The highest BCUT2D eigenvalue weighted by atomic mass is 32.2. The number of hydrogen-bond donors (Lipinski definition) is 2. The number of carbonyl (C=O) groups excluding carboxylic acids is 1. The fraction of sp³-hybridized carbons (Fsp3) is 0.583. The second-order valence-corrected chi connectivity index (χ2v) is 7.79. The van der Waals surface area contributed by atoms with Crippen LogP contribution in [-0.2, 0) is 21.2 Å². The lowest BCUT2D eigenvalue weighted by molar-refractivity contribution is -0.120. The molecule has 7 heteroatoms. The van der Waals surface area contributed by atoms with Crippen LogP contribution in [0.15, 0.2) is 16.3 Å². The standard InChI is InChI=1S/C12H20N2O3S2/c1-9(2)4-3-7-14-11(15)8-10-5-6-12(18-10)19(13,16)17/h5-6,9H,3-4,7-8H2,1-2H3,(H,14,15)(H2,13,16,17). The van der Waals surface area contributed by atoms with Crippen LogP contribution in [-0.4, -0.2) is 20.9 Å². The van der Waals surface area contributed by atoms with E-state index in [1.54, 1.807) is 6.07 Å². The Balaban J connectivity index is 2.39. The Morgan fingerprint density at radius 3 is 2.63 bits per heavy atom. The maximum absolute atomic E-state index is 11.6. The van der Waals surface area contributed by atoms with Gasteiger partial charge in [-0.2, -0.15) is 0 Å². The molecule has 0 radical (unpaired) electrons. The lowest BCUT2D eigenvalue weighted by atomic mass is 10.1. The van der Waals surface area contributed by atoms with E-state index >= 15 is 0 Å². The minimum Gasteiger partial charge on any atom is -0.356 e. The first-order chi connectivity index (χ1) is 8.79. The Morgan fingerprint density at radius 2 is 2.11 bits per heavy atom. The maximum atomic E-state index is 11.6. The van der Waals surface area contributed by atoms with Crippen LogP contribution in [0.1, 0.15) is 31.6 Å². The van der Waals surface area contributed by atoms with Crippen molar-refractivity contribution in [1.82, 2.24) is 5.32 Å². The molecule has 1 rings (SSSR count). The van der Waals surface area contributed by atoms with Gasteiger partial charge in [0.15, 0.2) is 0 Å². The Kier molecular flexibility index (Phi) is 5.96. The average Bonchev–Trinajstić information content (AvgIpc) is 2.72. The fourth-order valence-electron chi connectivity index (χ4n) is 1.57. The summed E-state index contributed by atoms with van der Waals surface area (Å²) < 4.78 is 22.3. The van der Waals surface area contributed by atoms with Crippen LogP contribution in [0.4, 0.5) is 0 Å². The zero-order valence-electron chi connectivity index (χ0n) is 11.2. The van der Waals surface area contributed by atoms with Crippen molar-refractivity contribution in [3.63, 3.8) is 0 Å². The minimum atomic E-state index is -3.66. The monoisotopic (exact) mass is 304 g/mol. The highest BCUT2D eigenvalue weighted by molar-refractivity contribution is 7.91. The Morgan fingerprint density at radius 1 is 1.42 bits per heavy atom. The van der Waals surface area contributed by atoms with E-state index in [2.05, 4.69) is 19.2 Å². The summed E-state index contributed by atoms with van der Waals surface area (Å²) in [4.78, 5) is 12.3. The van der Waals surface area contributed by atoms with Crippen molar-refractivity contribution in [3.05, 3.63) is 17.0 Å². The molecule has 0 spiro atoms. The van der Waals surface area contributed by atoms with Gasteiger partial charge in [0, 0.05) is 11.4 Å². The maximum Gasteiger partial charge on any atom is 0.247 e. The Labute approximate surface area is 118 Å². The molecule has 1 amide bonds. The summed E-state index contributed by atoms with van der Waals surface area (Å²) in [6.45, 7) is 4.94. The molecule has 0 aliphatic rings. The molecule has 0 bridgehead atoms. The van der Waals surface area contributed by atoms with E-state index in [-0.39, 0.29) is 16.5 Å². The van der Waals surface area contributed by atoms with Crippen LogP contribution >= 0.6 is 11.3 Å². The van der Waals surface area contributed by atoms with Crippen LogP contribution < -0.4 is 10.5 Å². The lowest BCUT2D eigenvalue weighted by Crippen LogP contribution is -2.25. The molecular formula is C12H20N2O3S2. The summed E-state index contributed by atoms with van der Waals surface area (Å²) in [5.74, 6) is 0.540. The van der Waals surface area contributed by atoms with Crippen molar-refractivity contribution in [2.75, 3.05) is 6.54 Å². The molecule has 0 atom stereocenters. The minimum absolute atomic E-state index is 0.0911. The number of hydrogen-bond acceptors (Lipinski definition) is 4. The fourth-order valence-corrected chi connectivity index (χ4v) is 3.34. The van der Waals surface area contributed by atoms with E-state index in [0.29, 0.717) is 17.3 Å². The van der Waals surface area contributed by atoms with Gasteiger partial charge in [0.2, 0.25) is 15.9 Å². The van der Waals surface area contributed by atoms with Gasteiger partial charge in [0.05, 0.1) is 6.42 Å². The van der Waals surface area contributed by atoms with Crippen molar-refractivity contribution >= 4 is 27.3 Å². The predicted octanol–water partition coefficient (Wildman–Crippen LogP) is 1.49. The predicted molar refractivity (Wildman–Crippen MR) is 76.5 cm³/mol. The number of rotatable bonds is 7. The third-order valence-electron chi connectivity index (χ3n) is 2.53. The van der Waals surface area contributed by atoms with Gasteiger partial charge in [-0.05, 0) is 30.9 Å². The highest BCUT2D eigenvalue weighted by Crippen LogP contribution is 2.20. The molecule has 0 fully saturated rings. The number of nitrogens with two attached hydrogens (primary N) is 1. The van der Waals surface area contributed by atoms with Crippen LogP contribution in [0.25, 0.3) is 0 Å². The van der Waals surface area contributed by atoms with Gasteiger partial charge < -0.3 is 5.32 Å². The van der Waals surface area contributed by atoms with Crippen LogP contribution in [0.3, 0.4) is 0 Å². The van der Waals surface area contributed by atoms with Gasteiger partial charge in [-0.15, -0.1) is 11.3 Å². The number of sulfonamides is 1. The molecule has 0 unspecified atom stereocenters. The lowest BCUT2D eigenvalue weighted by Gasteiger charge is -2.06. The number of thiophene rings is 1. The molecule has 0 aliphatic carbocycles. The summed E-state index contributed by atoms with van der Waals surface area (Å²) in [5.41, 5.74) is 0. The van der Waals surface area contributed by atoms with E-state index in [1.807, 2.05) is 0 Å². The molecule has 0 saturated heterocycles. The number of nitrogens with one attached hydrogen (secondary N) is 1. The molecule has 0 aliphatic heterocycles. The second-order valence-electron chi connectivity index (χ2n) is 4.83. The number of carbonyl (C=O) groups is 1. The molecule has 1 aromatic heterocycles. The van der Waals surface area contributed by atoms with Gasteiger partial charge in [0.1, 0.15) is 4.21 Å². The molecule has 108 valence electrons. The summed E-state index contributed by atoms with van der Waals surface area (Å²) >= 11 is 1.04.